The molecule has 0 bridgehead atoms. The molecular weight excluding hydrogens is 222 g/mol. The Morgan fingerprint density at radius 1 is 1.62 bits per heavy atom. The van der Waals surface area contributed by atoms with Gasteiger partial charge >= 0.3 is 5.97 Å². The number of anilines is 1. The molecule has 0 saturated carbocycles. The summed E-state index contributed by atoms with van der Waals surface area (Å²) in [5, 5.41) is 0. The molecule has 0 amide bonds. The molecule has 0 aliphatic heterocycles. The lowest BCUT2D eigenvalue weighted by Crippen LogP contribution is -2.18. The fraction of sp³-hybridized carbons (Fsp3) is 0.333. The van der Waals surface area contributed by atoms with E-state index < -0.39 is 29.2 Å². The summed E-state index contributed by atoms with van der Waals surface area (Å²) in [5.74, 6) is -0.638. The Bertz CT molecular complexity index is 457. The van der Waals surface area contributed by atoms with Crippen LogP contribution in [0.4, 0.5) is 14.5 Å². The zero-order valence-corrected chi connectivity index (χ0v) is 8.42. The highest BCUT2D eigenvalue weighted by atomic mass is 19.3. The molecule has 0 aliphatic rings. The molecule has 1 rings (SSSR count). The first-order chi connectivity index (χ1) is 7.45. The number of carbonyl (C=O) groups is 1. The molecule has 0 unspecified atom stereocenters. The molecule has 0 aliphatic carbocycles. The normalized spacial score (nSPS) is 10.5. The van der Waals surface area contributed by atoms with E-state index in [2.05, 4.69) is 9.72 Å². The molecule has 0 saturated heterocycles. The Morgan fingerprint density at radius 3 is 2.75 bits per heavy atom. The fourth-order valence-corrected chi connectivity index (χ4v) is 1.15. The average molecular weight is 232 g/mol. The summed E-state index contributed by atoms with van der Waals surface area (Å²) in [6, 6.07) is 0.984. The molecule has 1 aromatic rings. The molecule has 1 aromatic heterocycles. The SMILES string of the molecule is COC(=O)Cc1cc(C(F)F)c(N)c(=O)[nH]1. The van der Waals surface area contributed by atoms with Gasteiger partial charge in [0.2, 0.25) is 0 Å². The number of hydrogen-bond donors (Lipinski definition) is 2. The van der Waals surface area contributed by atoms with Gasteiger partial charge in [-0.05, 0) is 6.07 Å². The number of pyridine rings is 1. The van der Waals surface area contributed by atoms with Crippen LogP contribution in [0.25, 0.3) is 0 Å². The van der Waals surface area contributed by atoms with Gasteiger partial charge in [-0.1, -0.05) is 0 Å². The fourth-order valence-electron chi connectivity index (χ4n) is 1.15. The molecule has 0 atom stereocenters. The Morgan fingerprint density at radius 2 is 2.25 bits per heavy atom. The number of nitrogen functional groups attached to an aromatic ring is 1. The minimum Gasteiger partial charge on any atom is -0.469 e. The summed E-state index contributed by atoms with van der Waals surface area (Å²) >= 11 is 0. The van der Waals surface area contributed by atoms with Crippen molar-refractivity contribution >= 4 is 11.7 Å². The van der Waals surface area contributed by atoms with Gasteiger partial charge in [0.25, 0.3) is 12.0 Å². The number of methoxy groups -OCH3 is 1. The lowest BCUT2D eigenvalue weighted by atomic mass is 10.1. The van der Waals surface area contributed by atoms with E-state index >= 15 is 0 Å². The van der Waals surface area contributed by atoms with E-state index in [0.717, 1.165) is 13.2 Å². The summed E-state index contributed by atoms with van der Waals surface area (Å²) in [7, 11) is 1.16. The largest absolute Gasteiger partial charge is 0.469 e. The van der Waals surface area contributed by atoms with Gasteiger partial charge in [-0.2, -0.15) is 0 Å². The maximum Gasteiger partial charge on any atom is 0.311 e. The number of H-pyrrole nitrogens is 1. The Kier molecular flexibility index (Phi) is 3.60. The van der Waals surface area contributed by atoms with Crippen molar-refractivity contribution in [2.45, 2.75) is 12.8 Å². The lowest BCUT2D eigenvalue weighted by molar-refractivity contribution is -0.139. The average Bonchev–Trinajstić information content (AvgIpc) is 2.22. The predicted molar refractivity (Wildman–Crippen MR) is 52.2 cm³/mol. The topological polar surface area (TPSA) is 85.2 Å². The number of rotatable bonds is 3. The zero-order valence-electron chi connectivity index (χ0n) is 8.42. The van der Waals surface area contributed by atoms with Crippen molar-refractivity contribution in [2.75, 3.05) is 12.8 Å². The highest BCUT2D eigenvalue weighted by Crippen LogP contribution is 2.22. The predicted octanol–water partition coefficient (Wildman–Crippen LogP) is 0.610. The standard InChI is InChI=1S/C9H10F2N2O3/c1-16-6(14)3-4-2-5(8(10)11)7(12)9(15)13-4/h2,8H,3,12H2,1H3,(H,13,15). The van der Waals surface area contributed by atoms with Gasteiger partial charge < -0.3 is 15.5 Å². The summed E-state index contributed by atoms with van der Waals surface area (Å²) in [6.45, 7) is 0. The minimum absolute atomic E-state index is 0.0429. The number of nitrogens with two attached hydrogens (primary N) is 1. The van der Waals surface area contributed by atoms with Crippen LogP contribution in [-0.2, 0) is 16.0 Å². The first kappa shape index (κ1) is 12.2. The van der Waals surface area contributed by atoms with Crippen molar-refractivity contribution in [2.24, 2.45) is 0 Å². The number of halogens is 2. The van der Waals surface area contributed by atoms with Gasteiger partial charge in [0.15, 0.2) is 0 Å². The van der Waals surface area contributed by atoms with E-state index in [0.29, 0.717) is 0 Å². The van der Waals surface area contributed by atoms with Crippen LogP contribution < -0.4 is 11.3 Å². The quantitative estimate of drug-likeness (QED) is 0.747. The van der Waals surface area contributed by atoms with Crippen molar-refractivity contribution < 1.29 is 18.3 Å². The van der Waals surface area contributed by atoms with Gasteiger partial charge in [-0.3, -0.25) is 9.59 Å². The van der Waals surface area contributed by atoms with Crippen molar-refractivity contribution in [3.05, 3.63) is 27.7 Å². The van der Waals surface area contributed by atoms with Gasteiger partial charge in [-0.25, -0.2) is 8.78 Å². The molecular formula is C9H10F2N2O3. The molecule has 7 heteroatoms. The smallest absolute Gasteiger partial charge is 0.311 e. The number of esters is 1. The number of nitrogens with one attached hydrogen (secondary N) is 1. The number of aromatic amines is 1. The molecule has 0 spiro atoms. The van der Waals surface area contributed by atoms with Crippen LogP contribution in [-0.4, -0.2) is 18.1 Å². The van der Waals surface area contributed by atoms with Crippen molar-refractivity contribution in [1.29, 1.82) is 0 Å². The first-order valence-electron chi connectivity index (χ1n) is 4.32. The minimum atomic E-state index is -2.86. The highest BCUT2D eigenvalue weighted by molar-refractivity contribution is 5.72. The Balaban J connectivity index is 3.14. The Labute approximate surface area is 89.2 Å². The monoisotopic (exact) mass is 232 g/mol. The van der Waals surface area contributed by atoms with Crippen molar-refractivity contribution in [1.82, 2.24) is 4.98 Å². The van der Waals surface area contributed by atoms with Crippen molar-refractivity contribution in [3.63, 3.8) is 0 Å². The molecule has 0 radical (unpaired) electrons. The van der Waals surface area contributed by atoms with Crippen LogP contribution in [0, 0.1) is 0 Å². The van der Waals surface area contributed by atoms with Crippen LogP contribution in [0.15, 0.2) is 10.9 Å². The van der Waals surface area contributed by atoms with Crippen LogP contribution in [0.5, 0.6) is 0 Å². The van der Waals surface area contributed by atoms with E-state index in [4.69, 9.17) is 5.73 Å². The van der Waals surface area contributed by atoms with Gasteiger partial charge in [0.05, 0.1) is 13.5 Å². The third kappa shape index (κ3) is 2.56. The van der Waals surface area contributed by atoms with Gasteiger partial charge in [0.1, 0.15) is 5.69 Å². The number of aromatic nitrogens is 1. The van der Waals surface area contributed by atoms with E-state index in [1.165, 1.54) is 0 Å². The van der Waals surface area contributed by atoms with Crippen LogP contribution in [0.1, 0.15) is 17.7 Å². The molecule has 3 N–H and O–H groups in total. The van der Waals surface area contributed by atoms with Crippen LogP contribution >= 0.6 is 0 Å². The van der Waals surface area contributed by atoms with E-state index in [-0.39, 0.29) is 12.1 Å². The molecule has 16 heavy (non-hydrogen) atoms. The highest BCUT2D eigenvalue weighted by Gasteiger charge is 2.16. The first-order valence-corrected chi connectivity index (χ1v) is 4.32. The molecule has 0 aromatic carbocycles. The maximum absolute atomic E-state index is 12.5. The summed E-state index contributed by atoms with van der Waals surface area (Å²) in [4.78, 5) is 24.3. The molecule has 0 fully saturated rings. The molecule has 5 nitrogen and oxygen atoms in total. The third-order valence-electron chi connectivity index (χ3n) is 1.96. The van der Waals surface area contributed by atoms with E-state index in [1.54, 1.807) is 0 Å². The van der Waals surface area contributed by atoms with E-state index in [1.807, 2.05) is 0 Å². The Hall–Kier alpha value is -1.92. The maximum atomic E-state index is 12.5. The second-order valence-corrected chi connectivity index (χ2v) is 3.05. The molecule has 88 valence electrons. The van der Waals surface area contributed by atoms with Crippen LogP contribution in [0.3, 0.4) is 0 Å². The third-order valence-corrected chi connectivity index (χ3v) is 1.96. The second kappa shape index (κ2) is 4.73. The van der Waals surface area contributed by atoms with Crippen molar-refractivity contribution in [3.8, 4) is 0 Å². The zero-order chi connectivity index (χ0) is 12.3. The summed E-state index contributed by atoms with van der Waals surface area (Å²) in [5.41, 5.74) is 3.26. The molecule has 1 heterocycles. The summed E-state index contributed by atoms with van der Waals surface area (Å²) in [6.07, 6.45) is -3.15. The van der Waals surface area contributed by atoms with Crippen LogP contribution in [0.2, 0.25) is 0 Å². The summed E-state index contributed by atoms with van der Waals surface area (Å²) < 4.78 is 29.3. The van der Waals surface area contributed by atoms with Gasteiger partial charge in [0, 0.05) is 11.3 Å². The number of alkyl halides is 2. The van der Waals surface area contributed by atoms with E-state index in [9.17, 15) is 18.4 Å². The number of carbonyl (C=O) groups excluding carboxylic acids is 1. The lowest BCUT2D eigenvalue weighted by Gasteiger charge is -2.06. The number of ether oxygens (including phenoxy) is 1. The number of hydrogen-bond acceptors (Lipinski definition) is 4. The second-order valence-electron chi connectivity index (χ2n) is 3.05. The van der Waals surface area contributed by atoms with Gasteiger partial charge in [-0.15, -0.1) is 0 Å².